The molecule has 0 aliphatic carbocycles. The summed E-state index contributed by atoms with van der Waals surface area (Å²) >= 11 is 0. The minimum atomic E-state index is 0.241. The van der Waals surface area contributed by atoms with Crippen molar-refractivity contribution in [2.75, 3.05) is 13.9 Å². The molecule has 0 radical (unpaired) electrons. The van der Waals surface area contributed by atoms with Crippen LogP contribution < -0.4 is 19.5 Å². The first-order valence-corrected chi connectivity index (χ1v) is 7.02. The average molecular weight is 285 g/mol. The van der Waals surface area contributed by atoms with E-state index in [9.17, 15) is 0 Å². The van der Waals surface area contributed by atoms with Gasteiger partial charge in [0.1, 0.15) is 5.75 Å². The van der Waals surface area contributed by atoms with Crippen molar-refractivity contribution < 1.29 is 14.2 Å². The highest BCUT2D eigenvalue weighted by molar-refractivity contribution is 5.44. The number of hydrogen-bond acceptors (Lipinski definition) is 4. The molecule has 1 heterocycles. The molecule has 4 heteroatoms. The molecule has 110 valence electrons. The van der Waals surface area contributed by atoms with Gasteiger partial charge in [0.05, 0.1) is 7.11 Å². The molecule has 4 nitrogen and oxygen atoms in total. The molecular weight excluding hydrogens is 266 g/mol. The highest BCUT2D eigenvalue weighted by atomic mass is 16.7. The van der Waals surface area contributed by atoms with Crippen molar-refractivity contribution in [1.29, 1.82) is 0 Å². The lowest BCUT2D eigenvalue weighted by atomic mass is 10.1. The summed E-state index contributed by atoms with van der Waals surface area (Å²) in [6.45, 7) is 3.23. The van der Waals surface area contributed by atoms with Gasteiger partial charge in [-0.15, -0.1) is 0 Å². The van der Waals surface area contributed by atoms with Crippen LogP contribution in [0, 0.1) is 0 Å². The lowest BCUT2D eigenvalue weighted by Crippen LogP contribution is -2.18. The Bertz CT molecular complexity index is 627. The molecule has 1 aliphatic heterocycles. The monoisotopic (exact) mass is 285 g/mol. The molecule has 0 saturated heterocycles. The number of ether oxygens (including phenoxy) is 3. The summed E-state index contributed by atoms with van der Waals surface area (Å²) in [4.78, 5) is 0. The van der Waals surface area contributed by atoms with Gasteiger partial charge in [0, 0.05) is 12.6 Å². The third-order valence-corrected chi connectivity index (χ3v) is 3.64. The molecular formula is C17H19NO3. The Morgan fingerprint density at radius 2 is 2.00 bits per heavy atom. The molecule has 1 N–H and O–H groups in total. The van der Waals surface area contributed by atoms with Crippen LogP contribution in [0.25, 0.3) is 0 Å². The summed E-state index contributed by atoms with van der Waals surface area (Å²) in [5.41, 5.74) is 2.38. The number of nitrogens with one attached hydrogen (secondary N) is 1. The van der Waals surface area contributed by atoms with Crippen molar-refractivity contribution in [3.05, 3.63) is 53.6 Å². The van der Waals surface area contributed by atoms with Gasteiger partial charge in [0.25, 0.3) is 0 Å². The maximum absolute atomic E-state index is 5.39. The molecule has 0 bridgehead atoms. The number of hydrogen-bond donors (Lipinski definition) is 1. The summed E-state index contributed by atoms with van der Waals surface area (Å²) in [7, 11) is 1.68. The summed E-state index contributed by atoms with van der Waals surface area (Å²) in [6, 6.07) is 14.4. The summed E-state index contributed by atoms with van der Waals surface area (Å²) in [5, 5.41) is 3.51. The quantitative estimate of drug-likeness (QED) is 0.915. The van der Waals surface area contributed by atoms with E-state index in [-0.39, 0.29) is 6.04 Å². The van der Waals surface area contributed by atoms with Gasteiger partial charge >= 0.3 is 0 Å². The Morgan fingerprint density at radius 1 is 1.14 bits per heavy atom. The summed E-state index contributed by atoms with van der Waals surface area (Å²) in [5.74, 6) is 2.52. The van der Waals surface area contributed by atoms with E-state index in [1.54, 1.807) is 7.11 Å². The highest BCUT2D eigenvalue weighted by Crippen LogP contribution is 2.32. The number of methoxy groups -OCH3 is 1. The van der Waals surface area contributed by atoms with Crippen LogP contribution in [-0.4, -0.2) is 13.9 Å². The SMILES string of the molecule is COc1cccc([C@H](C)NCc2ccc3c(c2)OCO3)c1. The zero-order valence-corrected chi connectivity index (χ0v) is 12.3. The van der Waals surface area contributed by atoms with Crippen molar-refractivity contribution in [2.24, 2.45) is 0 Å². The van der Waals surface area contributed by atoms with Gasteiger partial charge in [0.2, 0.25) is 6.79 Å². The fourth-order valence-electron chi connectivity index (χ4n) is 2.35. The molecule has 0 fully saturated rings. The molecule has 2 aromatic rings. The van der Waals surface area contributed by atoms with Crippen molar-refractivity contribution in [3.63, 3.8) is 0 Å². The fraction of sp³-hybridized carbons (Fsp3) is 0.294. The first-order valence-electron chi connectivity index (χ1n) is 7.02. The normalized spacial score (nSPS) is 14.0. The smallest absolute Gasteiger partial charge is 0.231 e. The minimum absolute atomic E-state index is 0.241. The average Bonchev–Trinajstić information content (AvgIpc) is 3.00. The zero-order valence-electron chi connectivity index (χ0n) is 12.3. The molecule has 3 rings (SSSR count). The van der Waals surface area contributed by atoms with E-state index in [1.165, 1.54) is 11.1 Å². The van der Waals surface area contributed by atoms with E-state index in [0.717, 1.165) is 23.8 Å². The van der Waals surface area contributed by atoms with Crippen molar-refractivity contribution in [2.45, 2.75) is 19.5 Å². The molecule has 1 atom stereocenters. The Balaban J connectivity index is 1.64. The largest absolute Gasteiger partial charge is 0.497 e. The molecule has 0 spiro atoms. The third-order valence-electron chi connectivity index (χ3n) is 3.64. The topological polar surface area (TPSA) is 39.7 Å². The molecule has 0 saturated carbocycles. The van der Waals surface area contributed by atoms with E-state index >= 15 is 0 Å². The van der Waals surface area contributed by atoms with Crippen LogP contribution >= 0.6 is 0 Å². The van der Waals surface area contributed by atoms with Gasteiger partial charge < -0.3 is 19.5 Å². The Kier molecular flexibility index (Phi) is 3.97. The maximum Gasteiger partial charge on any atom is 0.231 e. The van der Waals surface area contributed by atoms with Gasteiger partial charge in [-0.2, -0.15) is 0 Å². The lowest BCUT2D eigenvalue weighted by molar-refractivity contribution is 0.174. The van der Waals surface area contributed by atoms with Crippen LogP contribution in [-0.2, 0) is 6.54 Å². The second-order valence-corrected chi connectivity index (χ2v) is 5.07. The second-order valence-electron chi connectivity index (χ2n) is 5.07. The van der Waals surface area contributed by atoms with Crippen LogP contribution in [0.1, 0.15) is 24.1 Å². The Hall–Kier alpha value is -2.20. The molecule has 0 amide bonds. The van der Waals surface area contributed by atoms with E-state index in [4.69, 9.17) is 14.2 Å². The van der Waals surface area contributed by atoms with Gasteiger partial charge in [0.15, 0.2) is 11.5 Å². The standard InChI is InChI=1S/C17H19NO3/c1-12(14-4-3-5-15(9-14)19-2)18-10-13-6-7-16-17(8-13)21-11-20-16/h3-9,12,18H,10-11H2,1-2H3/t12-/m0/s1. The van der Waals surface area contributed by atoms with E-state index in [1.807, 2.05) is 24.3 Å². The summed E-state index contributed by atoms with van der Waals surface area (Å²) in [6.07, 6.45) is 0. The van der Waals surface area contributed by atoms with Crippen LogP contribution in [0.5, 0.6) is 17.2 Å². The van der Waals surface area contributed by atoms with Crippen LogP contribution in [0.3, 0.4) is 0 Å². The predicted octanol–water partition coefficient (Wildman–Crippen LogP) is 3.27. The minimum Gasteiger partial charge on any atom is -0.497 e. The van der Waals surface area contributed by atoms with Crippen LogP contribution in [0.2, 0.25) is 0 Å². The first-order chi connectivity index (χ1) is 10.3. The van der Waals surface area contributed by atoms with Crippen molar-refractivity contribution in [1.82, 2.24) is 5.32 Å². The number of fused-ring (bicyclic) bond motifs is 1. The Morgan fingerprint density at radius 3 is 2.86 bits per heavy atom. The summed E-state index contributed by atoms with van der Waals surface area (Å²) < 4.78 is 16.0. The zero-order chi connectivity index (χ0) is 14.7. The molecule has 0 unspecified atom stereocenters. The number of rotatable bonds is 5. The van der Waals surface area contributed by atoms with Gasteiger partial charge in [-0.25, -0.2) is 0 Å². The van der Waals surface area contributed by atoms with Gasteiger partial charge in [-0.1, -0.05) is 18.2 Å². The second kappa shape index (κ2) is 6.06. The van der Waals surface area contributed by atoms with Crippen LogP contribution in [0.4, 0.5) is 0 Å². The fourth-order valence-corrected chi connectivity index (χ4v) is 2.35. The number of benzene rings is 2. The predicted molar refractivity (Wildman–Crippen MR) is 80.8 cm³/mol. The van der Waals surface area contributed by atoms with E-state index in [0.29, 0.717) is 6.79 Å². The lowest BCUT2D eigenvalue weighted by Gasteiger charge is -2.15. The Labute approximate surface area is 124 Å². The highest BCUT2D eigenvalue weighted by Gasteiger charge is 2.13. The molecule has 1 aliphatic rings. The maximum atomic E-state index is 5.39. The van der Waals surface area contributed by atoms with Gasteiger partial charge in [-0.3, -0.25) is 0 Å². The molecule has 0 aromatic heterocycles. The molecule has 2 aromatic carbocycles. The third kappa shape index (κ3) is 3.11. The van der Waals surface area contributed by atoms with E-state index in [2.05, 4.69) is 30.4 Å². The van der Waals surface area contributed by atoms with Gasteiger partial charge in [-0.05, 0) is 42.3 Å². The van der Waals surface area contributed by atoms with Crippen LogP contribution in [0.15, 0.2) is 42.5 Å². The van der Waals surface area contributed by atoms with Crippen molar-refractivity contribution in [3.8, 4) is 17.2 Å². The van der Waals surface area contributed by atoms with E-state index < -0.39 is 0 Å². The first kappa shape index (κ1) is 13.8. The molecule has 21 heavy (non-hydrogen) atoms. The van der Waals surface area contributed by atoms with Crippen molar-refractivity contribution >= 4 is 0 Å².